The summed E-state index contributed by atoms with van der Waals surface area (Å²) >= 11 is 0. The van der Waals surface area contributed by atoms with Crippen LogP contribution in [0.5, 0.6) is 0 Å². The average molecular weight is 280 g/mol. The molecule has 2 aromatic heterocycles. The maximum atomic E-state index is 12.4. The highest BCUT2D eigenvalue weighted by atomic mass is 16.2. The van der Waals surface area contributed by atoms with Crippen LogP contribution in [0.2, 0.25) is 0 Å². The van der Waals surface area contributed by atoms with Crippen LogP contribution >= 0.6 is 0 Å². The number of fused-ring (bicyclic) bond motifs is 1. The molecule has 1 aliphatic rings. The van der Waals surface area contributed by atoms with Crippen LogP contribution in [0.15, 0.2) is 42.9 Å². The van der Waals surface area contributed by atoms with Gasteiger partial charge in [0.1, 0.15) is 11.7 Å². The molecule has 1 amide bonds. The molecule has 4 rings (SSSR count). The van der Waals surface area contributed by atoms with E-state index in [-0.39, 0.29) is 11.9 Å². The lowest BCUT2D eigenvalue weighted by molar-refractivity contribution is 0.0470. The fourth-order valence-corrected chi connectivity index (χ4v) is 2.40. The van der Waals surface area contributed by atoms with Crippen molar-refractivity contribution >= 4 is 16.9 Å². The van der Waals surface area contributed by atoms with Crippen molar-refractivity contribution in [3.05, 3.63) is 48.5 Å². The quantitative estimate of drug-likeness (QED) is 0.697. The molecule has 0 N–H and O–H groups in total. The van der Waals surface area contributed by atoms with Crippen molar-refractivity contribution in [2.45, 2.75) is 6.04 Å². The Morgan fingerprint density at radius 1 is 1.10 bits per heavy atom. The lowest BCUT2D eigenvalue weighted by Crippen LogP contribution is -2.51. The number of amides is 1. The highest BCUT2D eigenvalue weighted by Crippen LogP contribution is 2.21. The summed E-state index contributed by atoms with van der Waals surface area (Å²) in [6, 6.07) is 7.66. The van der Waals surface area contributed by atoms with Crippen molar-refractivity contribution in [3.8, 4) is 0 Å². The number of nitrogens with zero attached hydrogens (tertiary/aromatic N) is 6. The first-order valence-corrected chi connectivity index (χ1v) is 6.68. The second-order valence-electron chi connectivity index (χ2n) is 4.96. The summed E-state index contributed by atoms with van der Waals surface area (Å²) in [6.45, 7) is 1.20. The molecule has 0 radical (unpaired) electrons. The topological polar surface area (TPSA) is 76.8 Å². The molecule has 0 spiro atoms. The van der Waals surface area contributed by atoms with Gasteiger partial charge in [-0.3, -0.25) is 9.78 Å². The van der Waals surface area contributed by atoms with E-state index in [0.717, 1.165) is 11.0 Å². The van der Waals surface area contributed by atoms with Gasteiger partial charge in [-0.05, 0) is 12.1 Å². The van der Waals surface area contributed by atoms with E-state index in [4.69, 9.17) is 0 Å². The van der Waals surface area contributed by atoms with Gasteiger partial charge >= 0.3 is 0 Å². The van der Waals surface area contributed by atoms with E-state index in [1.165, 1.54) is 6.20 Å². The number of benzene rings is 1. The van der Waals surface area contributed by atoms with Crippen molar-refractivity contribution in [2.24, 2.45) is 0 Å². The van der Waals surface area contributed by atoms with Crippen molar-refractivity contribution in [1.82, 2.24) is 29.9 Å². The molecule has 0 atom stereocenters. The molecule has 1 aliphatic heterocycles. The molecule has 21 heavy (non-hydrogen) atoms. The average Bonchev–Trinajstić information content (AvgIpc) is 2.99. The van der Waals surface area contributed by atoms with E-state index >= 15 is 0 Å². The summed E-state index contributed by atoms with van der Waals surface area (Å²) in [5.41, 5.74) is 1.89. The third-order valence-corrected chi connectivity index (χ3v) is 3.58. The van der Waals surface area contributed by atoms with Crippen LogP contribution in [-0.2, 0) is 0 Å². The zero-order valence-corrected chi connectivity index (χ0v) is 11.1. The van der Waals surface area contributed by atoms with Gasteiger partial charge in [0.15, 0.2) is 0 Å². The van der Waals surface area contributed by atoms with Gasteiger partial charge in [-0.1, -0.05) is 12.1 Å². The van der Waals surface area contributed by atoms with Crippen LogP contribution in [0.25, 0.3) is 11.0 Å². The Morgan fingerprint density at radius 3 is 2.57 bits per heavy atom. The summed E-state index contributed by atoms with van der Waals surface area (Å²) < 4.78 is 0. The number of hydrogen-bond acceptors (Lipinski definition) is 5. The number of hydrogen-bond donors (Lipinski definition) is 0. The van der Waals surface area contributed by atoms with Crippen LogP contribution in [0.3, 0.4) is 0 Å². The molecule has 7 heteroatoms. The van der Waals surface area contributed by atoms with Crippen LogP contribution in [0.1, 0.15) is 16.5 Å². The number of rotatable bonds is 2. The summed E-state index contributed by atoms with van der Waals surface area (Å²) in [6.07, 6.45) is 4.81. The largest absolute Gasteiger partial charge is 0.333 e. The molecule has 0 saturated carbocycles. The van der Waals surface area contributed by atoms with Gasteiger partial charge in [0.05, 0.1) is 29.6 Å². The van der Waals surface area contributed by atoms with Gasteiger partial charge in [-0.25, -0.2) is 4.98 Å². The maximum Gasteiger partial charge on any atom is 0.274 e. The second kappa shape index (κ2) is 4.62. The minimum atomic E-state index is -0.100. The van der Waals surface area contributed by atoms with Crippen LogP contribution < -0.4 is 0 Å². The van der Waals surface area contributed by atoms with Gasteiger partial charge in [-0.2, -0.15) is 15.0 Å². The Bertz CT molecular complexity index is 794. The highest BCUT2D eigenvalue weighted by Gasteiger charge is 2.34. The van der Waals surface area contributed by atoms with Crippen molar-refractivity contribution < 1.29 is 4.79 Å². The highest BCUT2D eigenvalue weighted by molar-refractivity contribution is 5.94. The zero-order chi connectivity index (χ0) is 14.2. The first kappa shape index (κ1) is 12.0. The number of likely N-dealkylation sites (tertiary alicyclic amines) is 1. The normalized spacial score (nSPS) is 15.1. The molecule has 1 saturated heterocycles. The van der Waals surface area contributed by atoms with Crippen LogP contribution in [-0.4, -0.2) is 48.9 Å². The van der Waals surface area contributed by atoms with E-state index in [9.17, 15) is 4.79 Å². The van der Waals surface area contributed by atoms with E-state index in [1.54, 1.807) is 22.1 Å². The monoisotopic (exact) mass is 280 g/mol. The lowest BCUT2D eigenvalue weighted by atomic mass is 10.1. The Balaban J connectivity index is 1.52. The van der Waals surface area contributed by atoms with Crippen molar-refractivity contribution in [2.75, 3.05) is 13.1 Å². The molecule has 7 nitrogen and oxygen atoms in total. The van der Waals surface area contributed by atoms with Gasteiger partial charge in [0.25, 0.3) is 5.91 Å². The predicted molar refractivity (Wildman–Crippen MR) is 74.5 cm³/mol. The van der Waals surface area contributed by atoms with Crippen LogP contribution in [0.4, 0.5) is 0 Å². The lowest BCUT2D eigenvalue weighted by Gasteiger charge is -2.37. The maximum absolute atomic E-state index is 12.4. The molecular weight excluding hydrogens is 268 g/mol. The number of carbonyl (C=O) groups is 1. The summed E-state index contributed by atoms with van der Waals surface area (Å²) in [5, 5.41) is 8.17. The summed E-state index contributed by atoms with van der Waals surface area (Å²) in [7, 11) is 0. The van der Waals surface area contributed by atoms with Gasteiger partial charge in [0, 0.05) is 13.1 Å². The Kier molecular flexibility index (Phi) is 2.63. The molecule has 1 fully saturated rings. The second-order valence-corrected chi connectivity index (χ2v) is 4.96. The molecule has 3 aromatic rings. The molecule has 1 aromatic carbocycles. The third kappa shape index (κ3) is 2.03. The Labute approximate surface area is 120 Å². The Hall–Kier alpha value is -2.83. The van der Waals surface area contributed by atoms with Gasteiger partial charge < -0.3 is 4.90 Å². The van der Waals surface area contributed by atoms with E-state index < -0.39 is 0 Å². The molecule has 0 aliphatic carbocycles. The molecule has 3 heterocycles. The molecular formula is C14H12N6O. The van der Waals surface area contributed by atoms with Gasteiger partial charge in [-0.15, -0.1) is 0 Å². The summed E-state index contributed by atoms with van der Waals surface area (Å²) in [5.74, 6) is -0.100. The minimum Gasteiger partial charge on any atom is -0.333 e. The summed E-state index contributed by atoms with van der Waals surface area (Å²) in [4.78, 5) is 24.4. The smallest absolute Gasteiger partial charge is 0.274 e. The fourth-order valence-electron chi connectivity index (χ4n) is 2.40. The number of para-hydroxylation sites is 2. The number of aromatic nitrogens is 5. The number of carbonyl (C=O) groups excluding carboxylic acids is 1. The predicted octanol–water partition coefficient (Wildman–Crippen LogP) is 0.918. The third-order valence-electron chi connectivity index (χ3n) is 3.58. The first-order valence-electron chi connectivity index (χ1n) is 6.68. The van der Waals surface area contributed by atoms with Crippen molar-refractivity contribution in [1.29, 1.82) is 0 Å². The fraction of sp³-hybridized carbons (Fsp3) is 0.214. The minimum absolute atomic E-state index is 0.100. The van der Waals surface area contributed by atoms with E-state index in [2.05, 4.69) is 20.2 Å². The van der Waals surface area contributed by atoms with Gasteiger partial charge in [0.2, 0.25) is 0 Å². The Morgan fingerprint density at radius 2 is 1.81 bits per heavy atom. The van der Waals surface area contributed by atoms with E-state index in [1.807, 2.05) is 24.3 Å². The van der Waals surface area contributed by atoms with Crippen LogP contribution in [0, 0.1) is 0 Å². The van der Waals surface area contributed by atoms with Crippen molar-refractivity contribution in [3.63, 3.8) is 0 Å². The standard InChI is InChI=1S/C14H12N6O/c21-14(19-8-10(9-19)20-16-5-6-17-20)13-7-15-11-3-1-2-4-12(11)18-13/h1-7,10H,8-9H2. The van der Waals surface area contributed by atoms with E-state index in [0.29, 0.717) is 18.8 Å². The zero-order valence-electron chi connectivity index (χ0n) is 11.1. The molecule has 104 valence electrons. The molecule has 0 bridgehead atoms. The first-order chi connectivity index (χ1) is 10.3. The molecule has 0 unspecified atom stereocenters. The SMILES string of the molecule is O=C(c1cnc2ccccc2n1)N1CC(n2nccn2)C1.